The summed E-state index contributed by atoms with van der Waals surface area (Å²) in [6.45, 7) is 0.724. The summed E-state index contributed by atoms with van der Waals surface area (Å²) in [6.07, 6.45) is -0.235. The first-order valence-electron chi connectivity index (χ1n) is 11.6. The number of ether oxygens (including phenoxy) is 3. The number of hydrogen-bond donors (Lipinski definition) is 3. The fourth-order valence-corrected chi connectivity index (χ4v) is 4.88. The molecule has 0 bridgehead atoms. The maximum atomic E-state index is 13.0. The molecule has 1 heterocycles. The largest absolute Gasteiger partial charge is 0.481 e. The zero-order chi connectivity index (χ0) is 24.8. The van der Waals surface area contributed by atoms with Gasteiger partial charge in [-0.15, -0.1) is 0 Å². The number of amides is 2. The minimum atomic E-state index is -1.04. The van der Waals surface area contributed by atoms with Crippen LogP contribution in [0.5, 0.6) is 0 Å². The predicted octanol–water partition coefficient (Wildman–Crippen LogP) is 2.68. The molecule has 0 spiro atoms. The minimum Gasteiger partial charge on any atom is -0.481 e. The van der Waals surface area contributed by atoms with E-state index in [-0.39, 0.29) is 25.6 Å². The first kappa shape index (κ1) is 24.7. The van der Waals surface area contributed by atoms with Gasteiger partial charge in [-0.25, -0.2) is 4.79 Å². The highest BCUT2D eigenvalue weighted by molar-refractivity contribution is 5.87. The Morgan fingerprint density at radius 3 is 2.23 bits per heavy atom. The van der Waals surface area contributed by atoms with Crippen molar-refractivity contribution in [1.82, 2.24) is 10.6 Å². The molecule has 1 fully saturated rings. The van der Waals surface area contributed by atoms with E-state index in [1.165, 1.54) is 7.11 Å². The number of fused-ring (bicyclic) bond motifs is 3. The Kier molecular flexibility index (Phi) is 7.67. The van der Waals surface area contributed by atoms with Crippen molar-refractivity contribution in [1.29, 1.82) is 0 Å². The Hall–Kier alpha value is -3.43. The van der Waals surface area contributed by atoms with Gasteiger partial charge in [0.15, 0.2) is 0 Å². The van der Waals surface area contributed by atoms with Crippen LogP contribution >= 0.6 is 0 Å². The zero-order valence-corrected chi connectivity index (χ0v) is 19.6. The highest BCUT2D eigenvalue weighted by atomic mass is 16.5. The summed E-state index contributed by atoms with van der Waals surface area (Å²) < 4.78 is 16.0. The Labute approximate surface area is 203 Å². The van der Waals surface area contributed by atoms with Crippen molar-refractivity contribution in [2.24, 2.45) is 0 Å². The fraction of sp³-hybridized carbons (Fsp3) is 0.423. The van der Waals surface area contributed by atoms with Crippen molar-refractivity contribution >= 4 is 18.0 Å². The summed E-state index contributed by atoms with van der Waals surface area (Å²) in [5.41, 5.74) is 3.48. The highest BCUT2D eigenvalue weighted by Gasteiger charge is 2.38. The molecule has 0 radical (unpaired) electrons. The van der Waals surface area contributed by atoms with Crippen LogP contribution in [0.1, 0.15) is 36.3 Å². The molecule has 2 amide bonds. The molecule has 2 aromatic rings. The Morgan fingerprint density at radius 1 is 1.06 bits per heavy atom. The minimum absolute atomic E-state index is 0.0876. The molecule has 4 rings (SSSR count). The number of alkyl carbamates (subject to hydrolysis) is 1. The molecular formula is C26H30N2O7. The van der Waals surface area contributed by atoms with E-state index in [9.17, 15) is 19.5 Å². The normalized spacial score (nSPS) is 17.1. The van der Waals surface area contributed by atoms with Crippen molar-refractivity contribution in [3.63, 3.8) is 0 Å². The number of carbonyl (C=O) groups is 3. The first-order chi connectivity index (χ1) is 16.9. The average Bonchev–Trinajstić information content (AvgIpc) is 3.16. The molecule has 1 aliphatic carbocycles. The van der Waals surface area contributed by atoms with Crippen LogP contribution in [0.15, 0.2) is 48.5 Å². The molecule has 186 valence electrons. The lowest BCUT2D eigenvalue weighted by Gasteiger charge is -2.37. The fourth-order valence-electron chi connectivity index (χ4n) is 4.88. The van der Waals surface area contributed by atoms with Crippen LogP contribution in [0, 0.1) is 0 Å². The Morgan fingerprint density at radius 2 is 1.66 bits per heavy atom. The third-order valence-electron chi connectivity index (χ3n) is 6.61. The third-order valence-corrected chi connectivity index (χ3v) is 6.61. The molecule has 9 nitrogen and oxygen atoms in total. The standard InChI is InChI=1S/C26H30N2O7/c1-33-16-22(24(31)28-26(14-23(29)30)10-12-34-13-11-26)27-25(32)35-15-21-19-8-4-2-6-17(19)18-7-3-5-9-20(18)21/h2-9,21-22H,10-16H2,1H3,(H,27,32)(H,28,31)(H,29,30). The average molecular weight is 483 g/mol. The summed E-state index contributed by atoms with van der Waals surface area (Å²) in [5, 5.41) is 14.7. The Balaban J connectivity index is 1.40. The first-order valence-corrected chi connectivity index (χ1v) is 11.6. The Bertz CT molecular complexity index is 1040. The van der Waals surface area contributed by atoms with E-state index in [2.05, 4.69) is 22.8 Å². The lowest BCUT2D eigenvalue weighted by Crippen LogP contribution is -2.59. The number of methoxy groups -OCH3 is 1. The lowest BCUT2D eigenvalue weighted by atomic mass is 9.86. The monoisotopic (exact) mass is 482 g/mol. The second-order valence-corrected chi connectivity index (χ2v) is 8.93. The third kappa shape index (κ3) is 5.63. The van der Waals surface area contributed by atoms with Gasteiger partial charge in [-0.05, 0) is 35.1 Å². The topological polar surface area (TPSA) is 123 Å². The lowest BCUT2D eigenvalue weighted by molar-refractivity contribution is -0.140. The van der Waals surface area contributed by atoms with Crippen LogP contribution in [0.2, 0.25) is 0 Å². The van der Waals surface area contributed by atoms with Crippen molar-refractivity contribution in [2.75, 3.05) is 33.5 Å². The number of rotatable bonds is 9. The number of hydrogen-bond acceptors (Lipinski definition) is 6. The van der Waals surface area contributed by atoms with Gasteiger partial charge in [0.2, 0.25) is 5.91 Å². The molecule has 2 aliphatic rings. The van der Waals surface area contributed by atoms with Gasteiger partial charge in [-0.1, -0.05) is 48.5 Å². The summed E-state index contributed by atoms with van der Waals surface area (Å²) in [4.78, 5) is 37.1. The molecule has 35 heavy (non-hydrogen) atoms. The van der Waals surface area contributed by atoms with Crippen LogP contribution in [-0.2, 0) is 23.8 Å². The van der Waals surface area contributed by atoms with E-state index in [0.717, 1.165) is 22.3 Å². The van der Waals surface area contributed by atoms with Gasteiger partial charge in [-0.2, -0.15) is 0 Å². The number of aliphatic carboxylic acids is 1. The summed E-state index contributed by atoms with van der Waals surface area (Å²) in [7, 11) is 1.42. The van der Waals surface area contributed by atoms with Crippen LogP contribution in [-0.4, -0.2) is 68.2 Å². The van der Waals surface area contributed by atoms with Crippen molar-refractivity contribution < 1.29 is 33.7 Å². The molecule has 1 atom stereocenters. The second-order valence-electron chi connectivity index (χ2n) is 8.93. The molecule has 0 aromatic heterocycles. The van der Waals surface area contributed by atoms with Crippen LogP contribution in [0.25, 0.3) is 11.1 Å². The second kappa shape index (κ2) is 10.9. The van der Waals surface area contributed by atoms with E-state index in [0.29, 0.717) is 26.1 Å². The number of carbonyl (C=O) groups excluding carboxylic acids is 2. The van der Waals surface area contributed by atoms with Gasteiger partial charge >= 0.3 is 12.1 Å². The van der Waals surface area contributed by atoms with Crippen LogP contribution in [0.4, 0.5) is 4.79 Å². The molecule has 1 aliphatic heterocycles. The molecule has 2 aromatic carbocycles. The smallest absolute Gasteiger partial charge is 0.407 e. The summed E-state index contributed by atoms with van der Waals surface area (Å²) in [6, 6.07) is 15.0. The zero-order valence-electron chi connectivity index (χ0n) is 19.6. The van der Waals surface area contributed by atoms with E-state index in [1.807, 2.05) is 36.4 Å². The van der Waals surface area contributed by atoms with E-state index < -0.39 is 29.6 Å². The van der Waals surface area contributed by atoms with Gasteiger partial charge in [0.1, 0.15) is 12.6 Å². The summed E-state index contributed by atoms with van der Waals surface area (Å²) >= 11 is 0. The van der Waals surface area contributed by atoms with E-state index in [1.54, 1.807) is 0 Å². The van der Waals surface area contributed by atoms with Crippen LogP contribution in [0.3, 0.4) is 0 Å². The van der Waals surface area contributed by atoms with Gasteiger partial charge in [-0.3, -0.25) is 9.59 Å². The van der Waals surface area contributed by atoms with E-state index in [4.69, 9.17) is 14.2 Å². The van der Waals surface area contributed by atoms with Gasteiger partial charge < -0.3 is 30.0 Å². The molecule has 9 heteroatoms. The molecule has 3 N–H and O–H groups in total. The number of carboxylic acids is 1. The van der Waals surface area contributed by atoms with Gasteiger partial charge in [0.05, 0.1) is 18.6 Å². The SMILES string of the molecule is COCC(NC(=O)OCC1c2ccccc2-c2ccccc21)C(=O)NC1(CC(=O)O)CCOCC1. The maximum Gasteiger partial charge on any atom is 0.407 e. The maximum absolute atomic E-state index is 13.0. The van der Waals surface area contributed by atoms with Gasteiger partial charge in [0.25, 0.3) is 0 Å². The molecule has 1 unspecified atom stereocenters. The van der Waals surface area contributed by atoms with E-state index >= 15 is 0 Å². The molecule has 0 saturated carbocycles. The van der Waals surface area contributed by atoms with Gasteiger partial charge in [0, 0.05) is 26.2 Å². The number of nitrogens with one attached hydrogen (secondary N) is 2. The van der Waals surface area contributed by atoms with Crippen molar-refractivity contribution in [3.8, 4) is 11.1 Å². The molecule has 1 saturated heterocycles. The molecular weight excluding hydrogens is 452 g/mol. The van der Waals surface area contributed by atoms with Crippen molar-refractivity contribution in [3.05, 3.63) is 59.7 Å². The highest BCUT2D eigenvalue weighted by Crippen LogP contribution is 2.44. The number of benzene rings is 2. The number of carboxylic acid groups (broad SMARTS) is 1. The summed E-state index contributed by atoms with van der Waals surface area (Å²) in [5.74, 6) is -1.65. The quantitative estimate of drug-likeness (QED) is 0.502. The predicted molar refractivity (Wildman–Crippen MR) is 127 cm³/mol. The van der Waals surface area contributed by atoms with Crippen molar-refractivity contribution in [2.45, 2.75) is 36.8 Å². The van der Waals surface area contributed by atoms with Crippen LogP contribution < -0.4 is 10.6 Å².